The minimum Gasteiger partial charge on any atom is -0.381 e. The molecule has 0 atom stereocenters. The molecule has 0 aromatic rings. The van der Waals surface area contributed by atoms with Crippen molar-refractivity contribution in [3.05, 3.63) is 0 Å². The fourth-order valence-electron chi connectivity index (χ4n) is 2.29. The highest BCUT2D eigenvalue weighted by Gasteiger charge is 2.43. The molecule has 2 nitrogen and oxygen atoms in total. The first-order valence-electron chi connectivity index (χ1n) is 4.65. The minimum atomic E-state index is 0.578. The van der Waals surface area contributed by atoms with E-state index in [9.17, 15) is 0 Å². The van der Waals surface area contributed by atoms with E-state index in [1.807, 2.05) is 0 Å². The predicted molar refractivity (Wildman–Crippen MR) is 44.6 cm³/mol. The molecular formula is C9H17NO. The molecule has 2 aliphatic rings. The topological polar surface area (TPSA) is 12.5 Å². The van der Waals surface area contributed by atoms with Crippen molar-refractivity contribution in [1.82, 2.24) is 4.90 Å². The molecule has 1 spiro atoms. The molecular weight excluding hydrogens is 138 g/mol. The Morgan fingerprint density at radius 3 is 2.82 bits per heavy atom. The fourth-order valence-corrected chi connectivity index (χ4v) is 2.29. The molecule has 2 heterocycles. The standard InChI is InChI=1S/C9H17NO/c1-2-10-6-9(7-10)4-3-5-11-8-9/h2-8H2,1H3. The van der Waals surface area contributed by atoms with Gasteiger partial charge in [0.2, 0.25) is 0 Å². The van der Waals surface area contributed by atoms with Gasteiger partial charge in [0, 0.05) is 25.1 Å². The molecule has 11 heavy (non-hydrogen) atoms. The zero-order valence-corrected chi connectivity index (χ0v) is 7.31. The van der Waals surface area contributed by atoms with E-state index in [2.05, 4.69) is 11.8 Å². The van der Waals surface area contributed by atoms with Crippen LogP contribution in [0.25, 0.3) is 0 Å². The minimum absolute atomic E-state index is 0.578. The third-order valence-corrected chi connectivity index (χ3v) is 2.97. The maximum absolute atomic E-state index is 5.49. The van der Waals surface area contributed by atoms with Gasteiger partial charge in [-0.3, -0.25) is 0 Å². The lowest BCUT2D eigenvalue weighted by Crippen LogP contribution is -2.59. The van der Waals surface area contributed by atoms with E-state index in [1.54, 1.807) is 0 Å². The van der Waals surface area contributed by atoms with Crippen molar-refractivity contribution >= 4 is 0 Å². The average Bonchev–Trinajstić information content (AvgIpc) is 2.01. The summed E-state index contributed by atoms with van der Waals surface area (Å²) in [6, 6.07) is 0. The fraction of sp³-hybridized carbons (Fsp3) is 1.00. The highest BCUT2D eigenvalue weighted by molar-refractivity contribution is 4.95. The van der Waals surface area contributed by atoms with Gasteiger partial charge >= 0.3 is 0 Å². The normalized spacial score (nSPS) is 30.3. The van der Waals surface area contributed by atoms with Gasteiger partial charge in [-0.05, 0) is 19.4 Å². The lowest BCUT2D eigenvalue weighted by Gasteiger charge is -2.51. The van der Waals surface area contributed by atoms with Crippen LogP contribution in [0, 0.1) is 5.41 Å². The SMILES string of the molecule is CCN1CC2(CCCOC2)C1. The highest BCUT2D eigenvalue weighted by atomic mass is 16.5. The zero-order chi connectivity index (χ0) is 7.73. The molecule has 64 valence electrons. The number of ether oxygens (including phenoxy) is 1. The molecule has 0 N–H and O–H groups in total. The Bertz CT molecular complexity index is 132. The molecule has 0 aliphatic carbocycles. The second-order valence-corrected chi connectivity index (χ2v) is 3.96. The summed E-state index contributed by atoms with van der Waals surface area (Å²) in [5.41, 5.74) is 0.578. The smallest absolute Gasteiger partial charge is 0.0547 e. The number of hydrogen-bond donors (Lipinski definition) is 0. The Balaban J connectivity index is 1.84. The van der Waals surface area contributed by atoms with Gasteiger partial charge in [-0.25, -0.2) is 0 Å². The summed E-state index contributed by atoms with van der Waals surface area (Å²) in [6.07, 6.45) is 2.67. The predicted octanol–water partition coefficient (Wildman–Crippen LogP) is 1.12. The van der Waals surface area contributed by atoms with Crippen molar-refractivity contribution in [1.29, 1.82) is 0 Å². The first kappa shape index (κ1) is 7.56. The molecule has 0 unspecified atom stereocenters. The van der Waals surface area contributed by atoms with Crippen LogP contribution in [0.4, 0.5) is 0 Å². The third-order valence-electron chi connectivity index (χ3n) is 2.97. The van der Waals surface area contributed by atoms with Gasteiger partial charge in [0.1, 0.15) is 0 Å². The van der Waals surface area contributed by atoms with Gasteiger partial charge in [0.25, 0.3) is 0 Å². The Hall–Kier alpha value is -0.0800. The van der Waals surface area contributed by atoms with E-state index >= 15 is 0 Å². The van der Waals surface area contributed by atoms with Crippen molar-refractivity contribution in [2.24, 2.45) is 5.41 Å². The van der Waals surface area contributed by atoms with Gasteiger partial charge < -0.3 is 9.64 Å². The molecule has 2 rings (SSSR count). The van der Waals surface area contributed by atoms with Crippen molar-refractivity contribution in [3.63, 3.8) is 0 Å². The van der Waals surface area contributed by atoms with E-state index in [0.717, 1.165) is 13.2 Å². The summed E-state index contributed by atoms with van der Waals surface area (Å²) in [7, 11) is 0. The summed E-state index contributed by atoms with van der Waals surface area (Å²) in [4.78, 5) is 2.49. The summed E-state index contributed by atoms with van der Waals surface area (Å²) in [6.45, 7) is 8.02. The van der Waals surface area contributed by atoms with Crippen LogP contribution in [0.5, 0.6) is 0 Å². The molecule has 0 bridgehead atoms. The Morgan fingerprint density at radius 1 is 1.45 bits per heavy atom. The monoisotopic (exact) mass is 155 g/mol. The second kappa shape index (κ2) is 2.76. The summed E-state index contributed by atoms with van der Waals surface area (Å²) >= 11 is 0. The number of nitrogens with zero attached hydrogens (tertiary/aromatic N) is 1. The molecule has 0 aromatic heterocycles. The number of likely N-dealkylation sites (tertiary alicyclic amines) is 1. The van der Waals surface area contributed by atoms with E-state index in [4.69, 9.17) is 4.74 Å². The third kappa shape index (κ3) is 1.30. The molecule has 0 aromatic carbocycles. The molecule has 0 amide bonds. The average molecular weight is 155 g/mol. The first-order chi connectivity index (χ1) is 5.35. The summed E-state index contributed by atoms with van der Waals surface area (Å²) in [5, 5.41) is 0. The van der Waals surface area contributed by atoms with Crippen LogP contribution in [0.15, 0.2) is 0 Å². The van der Waals surface area contributed by atoms with Gasteiger partial charge in [-0.15, -0.1) is 0 Å². The highest BCUT2D eigenvalue weighted by Crippen LogP contribution is 2.37. The molecule has 2 heteroatoms. The van der Waals surface area contributed by atoms with Crippen LogP contribution in [-0.4, -0.2) is 37.7 Å². The Morgan fingerprint density at radius 2 is 2.27 bits per heavy atom. The lowest BCUT2D eigenvalue weighted by atomic mass is 9.75. The maximum atomic E-state index is 5.49. The van der Waals surface area contributed by atoms with Crippen LogP contribution in [0.2, 0.25) is 0 Å². The largest absolute Gasteiger partial charge is 0.381 e. The molecule has 0 saturated carbocycles. The van der Waals surface area contributed by atoms with Crippen LogP contribution in [0.3, 0.4) is 0 Å². The van der Waals surface area contributed by atoms with Crippen molar-refractivity contribution in [3.8, 4) is 0 Å². The lowest BCUT2D eigenvalue weighted by molar-refractivity contribution is -0.0984. The number of hydrogen-bond acceptors (Lipinski definition) is 2. The van der Waals surface area contributed by atoms with Crippen LogP contribution >= 0.6 is 0 Å². The van der Waals surface area contributed by atoms with Crippen molar-refractivity contribution < 1.29 is 4.74 Å². The summed E-state index contributed by atoms with van der Waals surface area (Å²) < 4.78 is 5.49. The van der Waals surface area contributed by atoms with E-state index < -0.39 is 0 Å². The van der Waals surface area contributed by atoms with Crippen LogP contribution in [-0.2, 0) is 4.74 Å². The zero-order valence-electron chi connectivity index (χ0n) is 7.31. The Labute approximate surface area is 68.5 Å². The first-order valence-corrected chi connectivity index (χ1v) is 4.65. The quantitative estimate of drug-likeness (QED) is 0.562. The molecule has 2 fully saturated rings. The van der Waals surface area contributed by atoms with Gasteiger partial charge in [0.15, 0.2) is 0 Å². The van der Waals surface area contributed by atoms with Gasteiger partial charge in [-0.1, -0.05) is 6.92 Å². The summed E-state index contributed by atoms with van der Waals surface area (Å²) in [5.74, 6) is 0. The molecule has 2 aliphatic heterocycles. The van der Waals surface area contributed by atoms with Crippen molar-refractivity contribution in [2.75, 3.05) is 32.8 Å². The maximum Gasteiger partial charge on any atom is 0.0547 e. The van der Waals surface area contributed by atoms with Crippen molar-refractivity contribution in [2.45, 2.75) is 19.8 Å². The van der Waals surface area contributed by atoms with Crippen LogP contribution in [0.1, 0.15) is 19.8 Å². The van der Waals surface area contributed by atoms with Gasteiger partial charge in [0.05, 0.1) is 6.61 Å². The molecule has 2 saturated heterocycles. The van der Waals surface area contributed by atoms with Gasteiger partial charge in [-0.2, -0.15) is 0 Å². The number of rotatable bonds is 1. The van der Waals surface area contributed by atoms with E-state index in [-0.39, 0.29) is 0 Å². The molecule has 0 radical (unpaired) electrons. The van der Waals surface area contributed by atoms with E-state index in [1.165, 1.54) is 32.5 Å². The van der Waals surface area contributed by atoms with E-state index in [0.29, 0.717) is 5.41 Å². The Kier molecular flexibility index (Phi) is 1.90. The van der Waals surface area contributed by atoms with Crippen LogP contribution < -0.4 is 0 Å². The second-order valence-electron chi connectivity index (χ2n) is 3.96.